The number of hydrogen-bond donors (Lipinski definition) is 1. The van der Waals surface area contributed by atoms with Crippen molar-refractivity contribution in [1.29, 1.82) is 5.26 Å². The Kier molecular flexibility index (Phi) is 5.19. The second-order valence-corrected chi connectivity index (χ2v) is 6.20. The molecular formula is C13H12N4O3S2. The lowest BCUT2D eigenvalue weighted by Gasteiger charge is -2.07. The van der Waals surface area contributed by atoms with E-state index in [2.05, 4.69) is 9.97 Å². The van der Waals surface area contributed by atoms with Gasteiger partial charge in [-0.3, -0.25) is 9.59 Å². The van der Waals surface area contributed by atoms with Crippen LogP contribution < -0.4 is 5.73 Å². The molecular weight excluding hydrogens is 324 g/mol. The molecule has 0 saturated heterocycles. The number of nitrogens with two attached hydrogens (primary N) is 1. The monoisotopic (exact) mass is 336 g/mol. The fourth-order valence-electron chi connectivity index (χ4n) is 1.60. The zero-order valence-corrected chi connectivity index (χ0v) is 13.2. The molecule has 22 heavy (non-hydrogen) atoms. The van der Waals surface area contributed by atoms with Crippen LogP contribution in [0.3, 0.4) is 0 Å². The molecule has 0 radical (unpaired) electrons. The van der Waals surface area contributed by atoms with Crippen molar-refractivity contribution in [2.24, 2.45) is 11.7 Å². The van der Waals surface area contributed by atoms with Crippen molar-refractivity contribution in [3.63, 3.8) is 0 Å². The minimum atomic E-state index is -0.577. The molecule has 1 amide bonds. The fraction of sp³-hybridized carbons (Fsp3) is 0.308. The van der Waals surface area contributed by atoms with Crippen molar-refractivity contribution in [2.45, 2.75) is 13.3 Å². The Bertz CT molecular complexity index is 732. The van der Waals surface area contributed by atoms with Gasteiger partial charge in [0.2, 0.25) is 0 Å². The van der Waals surface area contributed by atoms with Crippen LogP contribution in [0.1, 0.15) is 22.4 Å². The van der Waals surface area contributed by atoms with Gasteiger partial charge < -0.3 is 10.5 Å². The molecule has 0 aliphatic carbocycles. The van der Waals surface area contributed by atoms with Crippen molar-refractivity contribution in [2.75, 3.05) is 6.61 Å². The summed E-state index contributed by atoms with van der Waals surface area (Å²) in [6, 6.07) is 1.75. The zero-order valence-electron chi connectivity index (χ0n) is 11.6. The summed E-state index contributed by atoms with van der Waals surface area (Å²) in [6.45, 7) is 1.47. The van der Waals surface area contributed by atoms with Crippen LogP contribution in [-0.2, 0) is 16.0 Å². The summed E-state index contributed by atoms with van der Waals surface area (Å²) in [5.41, 5.74) is 6.02. The van der Waals surface area contributed by atoms with Crippen LogP contribution in [0, 0.1) is 17.2 Å². The number of esters is 1. The Labute approximate surface area is 134 Å². The second-order valence-electron chi connectivity index (χ2n) is 4.40. The number of rotatable bonds is 6. The Hall–Kier alpha value is -2.31. The van der Waals surface area contributed by atoms with Gasteiger partial charge in [0.15, 0.2) is 6.61 Å². The van der Waals surface area contributed by atoms with Gasteiger partial charge >= 0.3 is 5.97 Å². The van der Waals surface area contributed by atoms with Crippen LogP contribution in [0.2, 0.25) is 0 Å². The standard InChI is InChI=1S/C13H12N4O3S2/c1-7(13(19)20-3-2-14)4-10-16-9(6-21-10)12-17-8(5-22-12)11(15)18/h5-7H,3-4H2,1H3,(H2,15,18)/t7-/m0/s1. The Balaban J connectivity index is 2.03. The van der Waals surface area contributed by atoms with E-state index in [1.54, 1.807) is 18.4 Å². The van der Waals surface area contributed by atoms with Gasteiger partial charge in [-0.25, -0.2) is 9.97 Å². The summed E-state index contributed by atoms with van der Waals surface area (Å²) in [7, 11) is 0. The molecule has 2 rings (SSSR count). The highest BCUT2D eigenvalue weighted by Gasteiger charge is 2.18. The van der Waals surface area contributed by atoms with Gasteiger partial charge in [-0.05, 0) is 0 Å². The largest absolute Gasteiger partial charge is 0.450 e. The van der Waals surface area contributed by atoms with Crippen molar-refractivity contribution >= 4 is 34.6 Å². The lowest BCUT2D eigenvalue weighted by atomic mass is 10.1. The van der Waals surface area contributed by atoms with Gasteiger partial charge in [0.25, 0.3) is 5.91 Å². The molecule has 0 unspecified atom stereocenters. The number of ether oxygens (including phenoxy) is 1. The molecule has 2 aromatic rings. The number of hydrogen-bond acceptors (Lipinski definition) is 8. The van der Waals surface area contributed by atoms with E-state index in [-0.39, 0.29) is 18.2 Å². The van der Waals surface area contributed by atoms with E-state index in [9.17, 15) is 9.59 Å². The smallest absolute Gasteiger partial charge is 0.310 e. The molecule has 0 saturated carbocycles. The summed E-state index contributed by atoms with van der Waals surface area (Å²) >= 11 is 2.68. The van der Waals surface area contributed by atoms with Crippen molar-refractivity contribution in [3.8, 4) is 16.8 Å². The lowest BCUT2D eigenvalue weighted by molar-refractivity contribution is -0.146. The lowest BCUT2D eigenvalue weighted by Crippen LogP contribution is -2.17. The SMILES string of the molecule is C[C@@H](Cc1nc(-c2nc(C(N)=O)cs2)cs1)C(=O)OCC#N. The molecule has 0 aromatic carbocycles. The zero-order chi connectivity index (χ0) is 16.1. The quantitative estimate of drug-likeness (QED) is 0.800. The first kappa shape index (κ1) is 16.1. The molecule has 0 fully saturated rings. The Morgan fingerprint density at radius 2 is 2.18 bits per heavy atom. The number of nitriles is 1. The summed E-state index contributed by atoms with van der Waals surface area (Å²) in [4.78, 5) is 31.1. The highest BCUT2D eigenvalue weighted by molar-refractivity contribution is 7.14. The minimum absolute atomic E-state index is 0.211. The number of nitrogens with zero attached hydrogens (tertiary/aromatic N) is 3. The summed E-state index contributed by atoms with van der Waals surface area (Å²) < 4.78 is 4.76. The third kappa shape index (κ3) is 3.87. The van der Waals surface area contributed by atoms with Crippen molar-refractivity contribution in [1.82, 2.24) is 9.97 Å². The number of thiazole rings is 2. The molecule has 9 heteroatoms. The van der Waals surface area contributed by atoms with E-state index in [1.165, 1.54) is 22.7 Å². The third-order valence-electron chi connectivity index (χ3n) is 2.69. The number of carbonyl (C=O) groups is 2. The van der Waals surface area contributed by atoms with E-state index in [0.717, 1.165) is 5.01 Å². The van der Waals surface area contributed by atoms with Gasteiger partial charge in [0.1, 0.15) is 22.5 Å². The van der Waals surface area contributed by atoms with Crippen molar-refractivity contribution in [3.05, 3.63) is 21.5 Å². The first-order chi connectivity index (χ1) is 10.5. The molecule has 114 valence electrons. The maximum Gasteiger partial charge on any atom is 0.310 e. The number of primary amides is 1. The van der Waals surface area contributed by atoms with E-state index in [0.29, 0.717) is 17.1 Å². The maximum absolute atomic E-state index is 11.6. The van der Waals surface area contributed by atoms with Crippen LogP contribution in [0.25, 0.3) is 10.7 Å². The Morgan fingerprint density at radius 1 is 1.41 bits per heavy atom. The van der Waals surface area contributed by atoms with Crippen LogP contribution in [0.5, 0.6) is 0 Å². The minimum Gasteiger partial charge on any atom is -0.450 e. The molecule has 7 nitrogen and oxygen atoms in total. The average Bonchev–Trinajstić information content (AvgIpc) is 3.13. The van der Waals surface area contributed by atoms with Gasteiger partial charge in [-0.2, -0.15) is 5.26 Å². The van der Waals surface area contributed by atoms with E-state index < -0.39 is 11.9 Å². The van der Waals surface area contributed by atoms with Gasteiger partial charge in [-0.1, -0.05) is 6.92 Å². The highest BCUT2D eigenvalue weighted by atomic mass is 32.1. The predicted octanol–water partition coefficient (Wildman–Crippen LogP) is 1.61. The summed E-state index contributed by atoms with van der Waals surface area (Å²) in [5.74, 6) is -1.39. The summed E-state index contributed by atoms with van der Waals surface area (Å²) in [6.07, 6.45) is 0.420. The first-order valence-corrected chi connectivity index (χ1v) is 8.01. The maximum atomic E-state index is 11.6. The van der Waals surface area contributed by atoms with Crippen LogP contribution >= 0.6 is 22.7 Å². The van der Waals surface area contributed by atoms with Gasteiger partial charge in [0.05, 0.1) is 10.9 Å². The number of carbonyl (C=O) groups excluding carboxylic acids is 2. The molecule has 0 spiro atoms. The second kappa shape index (κ2) is 7.11. The summed E-state index contributed by atoms with van der Waals surface area (Å²) in [5, 5.41) is 13.1. The Morgan fingerprint density at radius 3 is 2.82 bits per heavy atom. The molecule has 2 N–H and O–H groups in total. The van der Waals surface area contributed by atoms with Crippen LogP contribution in [0.15, 0.2) is 10.8 Å². The van der Waals surface area contributed by atoms with E-state index in [1.807, 2.05) is 5.38 Å². The molecule has 0 bridgehead atoms. The fourth-order valence-corrected chi connectivity index (χ4v) is 3.35. The van der Waals surface area contributed by atoms with Gasteiger partial charge in [0, 0.05) is 17.2 Å². The molecule has 0 aliphatic heterocycles. The first-order valence-electron chi connectivity index (χ1n) is 6.25. The normalized spacial score (nSPS) is 11.6. The van der Waals surface area contributed by atoms with Gasteiger partial charge in [-0.15, -0.1) is 22.7 Å². The molecule has 2 heterocycles. The molecule has 0 aliphatic rings. The van der Waals surface area contributed by atoms with E-state index in [4.69, 9.17) is 15.7 Å². The van der Waals surface area contributed by atoms with E-state index >= 15 is 0 Å². The predicted molar refractivity (Wildman–Crippen MR) is 81.2 cm³/mol. The number of aromatic nitrogens is 2. The van der Waals surface area contributed by atoms with Crippen molar-refractivity contribution < 1.29 is 14.3 Å². The average molecular weight is 336 g/mol. The van der Waals surface area contributed by atoms with Crippen LogP contribution in [-0.4, -0.2) is 28.5 Å². The molecule has 2 aromatic heterocycles. The molecule has 1 atom stereocenters. The topological polar surface area (TPSA) is 119 Å². The third-order valence-corrected chi connectivity index (χ3v) is 4.43. The highest BCUT2D eigenvalue weighted by Crippen LogP contribution is 2.26. The van der Waals surface area contributed by atoms with Crippen LogP contribution in [0.4, 0.5) is 0 Å². The number of amides is 1.